The Balaban J connectivity index is 2.52. The second-order valence-corrected chi connectivity index (χ2v) is 5.31. The fraction of sp³-hybridized carbons (Fsp3) is 0.500. The SMILES string of the molecule is COCCC(N)C(=O)N(C)Cc1ccc(SC)cc1. The number of benzene rings is 1. The van der Waals surface area contributed by atoms with Crippen LogP contribution in [0.1, 0.15) is 12.0 Å². The number of thioether (sulfide) groups is 1. The van der Waals surface area contributed by atoms with E-state index in [1.54, 1.807) is 30.8 Å². The minimum atomic E-state index is -0.490. The second-order valence-electron chi connectivity index (χ2n) is 4.43. The lowest BCUT2D eigenvalue weighted by molar-refractivity contribution is -0.132. The lowest BCUT2D eigenvalue weighted by Gasteiger charge is -2.21. The van der Waals surface area contributed by atoms with Gasteiger partial charge in [0.15, 0.2) is 0 Å². The maximum Gasteiger partial charge on any atom is 0.239 e. The van der Waals surface area contributed by atoms with Gasteiger partial charge in [0.25, 0.3) is 0 Å². The van der Waals surface area contributed by atoms with Crippen molar-refractivity contribution in [2.75, 3.05) is 27.0 Å². The number of nitrogens with zero attached hydrogens (tertiary/aromatic N) is 1. The Labute approximate surface area is 119 Å². The first-order chi connectivity index (χ1) is 9.08. The van der Waals surface area contributed by atoms with Crippen molar-refractivity contribution in [1.29, 1.82) is 0 Å². The van der Waals surface area contributed by atoms with Crippen LogP contribution in [0.2, 0.25) is 0 Å². The van der Waals surface area contributed by atoms with E-state index in [0.717, 1.165) is 5.56 Å². The smallest absolute Gasteiger partial charge is 0.239 e. The zero-order valence-corrected chi connectivity index (χ0v) is 12.6. The normalized spacial score (nSPS) is 12.2. The van der Waals surface area contributed by atoms with Gasteiger partial charge in [0.1, 0.15) is 0 Å². The van der Waals surface area contributed by atoms with Crippen LogP contribution >= 0.6 is 11.8 Å². The first-order valence-electron chi connectivity index (χ1n) is 6.21. The Kier molecular flexibility index (Phi) is 6.91. The maximum atomic E-state index is 12.0. The third-order valence-electron chi connectivity index (χ3n) is 2.91. The zero-order valence-electron chi connectivity index (χ0n) is 11.8. The summed E-state index contributed by atoms with van der Waals surface area (Å²) in [5, 5.41) is 0. The summed E-state index contributed by atoms with van der Waals surface area (Å²) in [6.07, 6.45) is 2.59. The number of methoxy groups -OCH3 is 1. The van der Waals surface area contributed by atoms with Crippen molar-refractivity contribution >= 4 is 17.7 Å². The summed E-state index contributed by atoms with van der Waals surface area (Å²) in [6.45, 7) is 1.08. The van der Waals surface area contributed by atoms with E-state index < -0.39 is 6.04 Å². The molecule has 0 heterocycles. The number of rotatable bonds is 7. The molecule has 0 saturated carbocycles. The summed E-state index contributed by atoms with van der Waals surface area (Å²) >= 11 is 1.70. The predicted octanol–water partition coefficient (Wildman–Crippen LogP) is 1.73. The molecule has 0 fully saturated rings. The van der Waals surface area contributed by atoms with E-state index in [4.69, 9.17) is 10.5 Å². The third-order valence-corrected chi connectivity index (χ3v) is 3.65. The molecule has 4 nitrogen and oxygen atoms in total. The fourth-order valence-electron chi connectivity index (χ4n) is 1.73. The molecule has 1 aromatic rings. The molecule has 0 saturated heterocycles. The molecule has 0 spiro atoms. The summed E-state index contributed by atoms with van der Waals surface area (Å²) in [5.41, 5.74) is 6.93. The Morgan fingerprint density at radius 1 is 1.42 bits per heavy atom. The second kappa shape index (κ2) is 8.19. The molecule has 2 N–H and O–H groups in total. The maximum absolute atomic E-state index is 12.0. The lowest BCUT2D eigenvalue weighted by atomic mass is 10.1. The number of nitrogens with two attached hydrogens (primary N) is 1. The van der Waals surface area contributed by atoms with Crippen LogP contribution < -0.4 is 5.73 Å². The number of ether oxygens (including phenoxy) is 1. The molecule has 0 bridgehead atoms. The van der Waals surface area contributed by atoms with Crippen molar-refractivity contribution in [3.8, 4) is 0 Å². The Morgan fingerprint density at radius 3 is 2.58 bits per heavy atom. The molecule has 0 aromatic heterocycles. The average Bonchev–Trinajstić information content (AvgIpc) is 2.44. The van der Waals surface area contributed by atoms with Crippen molar-refractivity contribution in [1.82, 2.24) is 4.90 Å². The minimum Gasteiger partial charge on any atom is -0.385 e. The Morgan fingerprint density at radius 2 is 2.05 bits per heavy atom. The Bertz CT molecular complexity index is 395. The number of carbonyl (C=O) groups excluding carboxylic acids is 1. The van der Waals surface area contributed by atoms with Gasteiger partial charge in [-0.25, -0.2) is 0 Å². The molecular weight excluding hydrogens is 260 g/mol. The monoisotopic (exact) mass is 282 g/mol. The van der Waals surface area contributed by atoms with Gasteiger partial charge in [0, 0.05) is 32.2 Å². The largest absolute Gasteiger partial charge is 0.385 e. The van der Waals surface area contributed by atoms with Crippen molar-refractivity contribution < 1.29 is 9.53 Å². The molecular formula is C14H22N2O2S. The van der Waals surface area contributed by atoms with Crippen LogP contribution in [-0.2, 0) is 16.1 Å². The fourth-order valence-corrected chi connectivity index (χ4v) is 2.14. The van der Waals surface area contributed by atoms with Crippen LogP contribution in [0.25, 0.3) is 0 Å². The van der Waals surface area contributed by atoms with Gasteiger partial charge in [0.2, 0.25) is 5.91 Å². The van der Waals surface area contributed by atoms with E-state index in [-0.39, 0.29) is 5.91 Å². The molecule has 1 amide bonds. The molecule has 0 aliphatic rings. The van der Waals surface area contributed by atoms with Crippen LogP contribution in [-0.4, -0.2) is 43.9 Å². The highest BCUT2D eigenvalue weighted by Crippen LogP contribution is 2.15. The number of likely N-dealkylation sites (N-methyl/N-ethyl adjacent to an activating group) is 1. The summed E-state index contributed by atoms with van der Waals surface area (Å²) in [7, 11) is 3.38. The predicted molar refractivity (Wildman–Crippen MR) is 79.2 cm³/mol. The van der Waals surface area contributed by atoms with Gasteiger partial charge >= 0.3 is 0 Å². The molecule has 1 atom stereocenters. The topological polar surface area (TPSA) is 55.6 Å². The molecule has 0 radical (unpaired) electrons. The first-order valence-corrected chi connectivity index (χ1v) is 7.43. The van der Waals surface area contributed by atoms with Gasteiger partial charge in [-0.2, -0.15) is 0 Å². The van der Waals surface area contributed by atoms with E-state index in [1.807, 2.05) is 18.4 Å². The molecule has 19 heavy (non-hydrogen) atoms. The zero-order chi connectivity index (χ0) is 14.3. The third kappa shape index (κ3) is 5.22. The number of carbonyl (C=O) groups is 1. The average molecular weight is 282 g/mol. The summed E-state index contributed by atoms with van der Waals surface area (Å²) in [5.74, 6) is -0.0500. The van der Waals surface area contributed by atoms with Gasteiger partial charge in [-0.1, -0.05) is 12.1 Å². The van der Waals surface area contributed by atoms with Gasteiger partial charge < -0.3 is 15.4 Å². The molecule has 1 unspecified atom stereocenters. The molecule has 1 rings (SSSR count). The molecule has 0 aliphatic heterocycles. The summed E-state index contributed by atoms with van der Waals surface area (Å²) in [4.78, 5) is 14.9. The van der Waals surface area contributed by atoms with E-state index in [2.05, 4.69) is 12.1 Å². The van der Waals surface area contributed by atoms with E-state index >= 15 is 0 Å². The van der Waals surface area contributed by atoms with E-state index in [0.29, 0.717) is 19.6 Å². The van der Waals surface area contributed by atoms with Crippen LogP contribution in [0.3, 0.4) is 0 Å². The minimum absolute atomic E-state index is 0.0500. The highest BCUT2D eigenvalue weighted by Gasteiger charge is 2.17. The van der Waals surface area contributed by atoms with Gasteiger partial charge in [0.05, 0.1) is 6.04 Å². The molecule has 1 aromatic carbocycles. The van der Waals surface area contributed by atoms with Crippen molar-refractivity contribution in [3.05, 3.63) is 29.8 Å². The van der Waals surface area contributed by atoms with E-state index in [1.165, 1.54) is 4.90 Å². The van der Waals surface area contributed by atoms with Gasteiger partial charge in [-0.3, -0.25) is 4.79 Å². The van der Waals surface area contributed by atoms with E-state index in [9.17, 15) is 4.79 Å². The highest BCUT2D eigenvalue weighted by atomic mass is 32.2. The Hall–Kier alpha value is -1.04. The molecule has 0 aliphatic carbocycles. The first kappa shape index (κ1) is 16.0. The number of hydrogen-bond acceptors (Lipinski definition) is 4. The van der Waals surface area contributed by atoms with Crippen LogP contribution in [0.5, 0.6) is 0 Å². The van der Waals surface area contributed by atoms with Crippen LogP contribution in [0, 0.1) is 0 Å². The highest BCUT2D eigenvalue weighted by molar-refractivity contribution is 7.98. The van der Waals surface area contributed by atoms with Crippen LogP contribution in [0.4, 0.5) is 0 Å². The van der Waals surface area contributed by atoms with Crippen molar-refractivity contribution in [2.45, 2.75) is 23.9 Å². The summed E-state index contributed by atoms with van der Waals surface area (Å²) < 4.78 is 4.93. The van der Waals surface area contributed by atoms with Crippen molar-refractivity contribution in [3.63, 3.8) is 0 Å². The number of amides is 1. The standard InChI is InChI=1S/C14H22N2O2S/c1-16(14(17)13(15)8-9-18-2)10-11-4-6-12(19-3)7-5-11/h4-7,13H,8-10,15H2,1-3H3. The quantitative estimate of drug-likeness (QED) is 0.774. The molecule has 106 valence electrons. The van der Waals surface area contributed by atoms with Crippen LogP contribution in [0.15, 0.2) is 29.2 Å². The lowest BCUT2D eigenvalue weighted by Crippen LogP contribution is -2.42. The van der Waals surface area contributed by atoms with Crippen molar-refractivity contribution in [2.24, 2.45) is 5.73 Å². The van der Waals surface area contributed by atoms with Gasteiger partial charge in [-0.15, -0.1) is 11.8 Å². The number of hydrogen-bond donors (Lipinski definition) is 1. The molecule has 5 heteroatoms. The summed E-state index contributed by atoms with van der Waals surface area (Å²) in [6, 6.07) is 7.70. The van der Waals surface area contributed by atoms with Gasteiger partial charge in [-0.05, 0) is 30.4 Å².